The van der Waals surface area contributed by atoms with E-state index >= 15 is 0 Å². The predicted octanol–water partition coefficient (Wildman–Crippen LogP) is 4.50. The van der Waals surface area contributed by atoms with Crippen LogP contribution in [0.3, 0.4) is 0 Å². The quantitative estimate of drug-likeness (QED) is 0.770. The Morgan fingerprint density at radius 3 is 2.29 bits per heavy atom. The Kier molecular flexibility index (Phi) is 4.71. The van der Waals surface area contributed by atoms with E-state index in [2.05, 4.69) is 6.92 Å². The van der Waals surface area contributed by atoms with E-state index in [1.807, 2.05) is 48.5 Å². The van der Waals surface area contributed by atoms with Crippen molar-refractivity contribution in [3.8, 4) is 5.75 Å². The summed E-state index contributed by atoms with van der Waals surface area (Å²) < 4.78 is 5.12. The molecule has 1 saturated heterocycles. The summed E-state index contributed by atoms with van der Waals surface area (Å²) in [5.74, 6) is 0.460. The Labute approximate surface area is 145 Å². The van der Waals surface area contributed by atoms with Gasteiger partial charge >= 0.3 is 0 Å². The molecule has 0 unspecified atom stereocenters. The highest BCUT2D eigenvalue weighted by Gasteiger charge is 2.36. The van der Waals surface area contributed by atoms with Crippen LogP contribution in [-0.4, -0.2) is 18.3 Å². The van der Waals surface area contributed by atoms with Crippen LogP contribution in [0, 0.1) is 0 Å². The van der Waals surface area contributed by atoms with E-state index in [0.29, 0.717) is 10.6 Å². The van der Waals surface area contributed by atoms with Crippen LogP contribution < -0.4 is 9.64 Å². The SMILES string of the molecule is CCc1ccc(N2C(=O)S/C(=C\c3ccc(OC)cc3)C2=O)cc1. The summed E-state index contributed by atoms with van der Waals surface area (Å²) in [5, 5.41) is -0.274. The highest BCUT2D eigenvalue weighted by molar-refractivity contribution is 8.19. The summed E-state index contributed by atoms with van der Waals surface area (Å²) in [6.45, 7) is 2.06. The molecular weight excluding hydrogens is 322 g/mol. The average Bonchev–Trinajstić information content (AvgIpc) is 2.89. The minimum absolute atomic E-state index is 0.274. The third kappa shape index (κ3) is 3.21. The first-order chi connectivity index (χ1) is 11.6. The van der Waals surface area contributed by atoms with E-state index in [1.165, 1.54) is 10.5 Å². The van der Waals surface area contributed by atoms with Gasteiger partial charge in [-0.3, -0.25) is 9.59 Å². The Morgan fingerprint density at radius 1 is 1.04 bits per heavy atom. The molecule has 1 fully saturated rings. The van der Waals surface area contributed by atoms with Crippen molar-refractivity contribution in [1.29, 1.82) is 0 Å². The molecular formula is C19H17NO3S. The van der Waals surface area contributed by atoms with E-state index in [1.54, 1.807) is 13.2 Å². The Bertz CT molecular complexity index is 794. The fraction of sp³-hybridized carbons (Fsp3) is 0.158. The molecule has 0 atom stereocenters. The summed E-state index contributed by atoms with van der Waals surface area (Å²) in [6.07, 6.45) is 2.64. The van der Waals surface area contributed by atoms with Crippen LogP contribution in [0.25, 0.3) is 6.08 Å². The molecule has 24 heavy (non-hydrogen) atoms. The maximum atomic E-state index is 12.6. The van der Waals surface area contributed by atoms with Crippen molar-refractivity contribution in [2.24, 2.45) is 0 Å². The molecule has 5 heteroatoms. The monoisotopic (exact) mass is 339 g/mol. The summed E-state index contributed by atoms with van der Waals surface area (Å²) in [4.78, 5) is 26.5. The molecule has 0 radical (unpaired) electrons. The molecule has 0 aromatic heterocycles. The van der Waals surface area contributed by atoms with Crippen molar-refractivity contribution < 1.29 is 14.3 Å². The molecule has 0 aliphatic carbocycles. The molecule has 1 heterocycles. The summed E-state index contributed by atoms with van der Waals surface area (Å²) in [6, 6.07) is 14.8. The Morgan fingerprint density at radius 2 is 1.71 bits per heavy atom. The number of hydrogen-bond donors (Lipinski definition) is 0. The molecule has 0 bridgehead atoms. The van der Waals surface area contributed by atoms with Gasteiger partial charge in [0.1, 0.15) is 5.75 Å². The van der Waals surface area contributed by atoms with Gasteiger partial charge in [0, 0.05) is 0 Å². The third-order valence-electron chi connectivity index (χ3n) is 3.81. The number of hydrogen-bond acceptors (Lipinski definition) is 4. The summed E-state index contributed by atoms with van der Waals surface area (Å²) in [7, 11) is 1.60. The van der Waals surface area contributed by atoms with Gasteiger partial charge < -0.3 is 4.74 Å². The standard InChI is InChI=1S/C19H17NO3S/c1-3-13-4-8-15(9-5-13)20-18(21)17(24-19(20)22)12-14-6-10-16(23-2)11-7-14/h4-12H,3H2,1-2H3/b17-12-. The van der Waals surface area contributed by atoms with Crippen molar-refractivity contribution in [3.63, 3.8) is 0 Å². The van der Waals surface area contributed by atoms with E-state index in [0.717, 1.165) is 29.5 Å². The first kappa shape index (κ1) is 16.3. The topological polar surface area (TPSA) is 46.6 Å². The van der Waals surface area contributed by atoms with E-state index in [9.17, 15) is 9.59 Å². The van der Waals surface area contributed by atoms with Crippen molar-refractivity contribution in [1.82, 2.24) is 0 Å². The predicted molar refractivity (Wildman–Crippen MR) is 97.3 cm³/mol. The second kappa shape index (κ2) is 6.93. The Balaban J connectivity index is 1.85. The molecule has 1 aliphatic rings. The molecule has 0 saturated carbocycles. The zero-order valence-corrected chi connectivity index (χ0v) is 14.3. The molecule has 1 aliphatic heterocycles. The minimum Gasteiger partial charge on any atom is -0.497 e. The fourth-order valence-corrected chi connectivity index (χ4v) is 3.26. The van der Waals surface area contributed by atoms with Gasteiger partial charge in [0.05, 0.1) is 17.7 Å². The number of methoxy groups -OCH3 is 1. The zero-order chi connectivity index (χ0) is 17.1. The van der Waals surface area contributed by atoms with E-state index < -0.39 is 0 Å². The average molecular weight is 339 g/mol. The van der Waals surface area contributed by atoms with Crippen molar-refractivity contribution in [3.05, 3.63) is 64.6 Å². The molecule has 3 rings (SSSR count). The van der Waals surface area contributed by atoms with Gasteiger partial charge in [0.15, 0.2) is 0 Å². The maximum Gasteiger partial charge on any atom is 0.298 e. The minimum atomic E-state index is -0.287. The molecule has 0 N–H and O–H groups in total. The first-order valence-electron chi connectivity index (χ1n) is 7.63. The van der Waals surface area contributed by atoms with Crippen molar-refractivity contribution in [2.45, 2.75) is 13.3 Å². The van der Waals surface area contributed by atoms with Gasteiger partial charge in [-0.15, -0.1) is 0 Å². The van der Waals surface area contributed by atoms with Crippen LogP contribution in [0.5, 0.6) is 5.75 Å². The molecule has 122 valence electrons. The number of ether oxygens (including phenoxy) is 1. The second-order valence-electron chi connectivity index (χ2n) is 5.31. The number of aryl methyl sites for hydroxylation is 1. The number of carbonyl (C=O) groups excluding carboxylic acids is 2. The summed E-state index contributed by atoms with van der Waals surface area (Å²) >= 11 is 0.959. The normalized spacial score (nSPS) is 16.1. The van der Waals surface area contributed by atoms with Crippen LogP contribution in [0.4, 0.5) is 10.5 Å². The number of imide groups is 1. The van der Waals surface area contributed by atoms with Crippen LogP contribution in [0.1, 0.15) is 18.1 Å². The van der Waals surface area contributed by atoms with Crippen LogP contribution >= 0.6 is 11.8 Å². The molecule has 2 aromatic rings. The van der Waals surface area contributed by atoms with Crippen LogP contribution in [0.15, 0.2) is 53.4 Å². The number of benzene rings is 2. The zero-order valence-electron chi connectivity index (χ0n) is 13.5. The van der Waals surface area contributed by atoms with E-state index in [-0.39, 0.29) is 11.1 Å². The Hall–Kier alpha value is -2.53. The number of nitrogens with zero attached hydrogens (tertiary/aromatic N) is 1. The molecule has 2 aromatic carbocycles. The lowest BCUT2D eigenvalue weighted by molar-refractivity contribution is -0.113. The first-order valence-corrected chi connectivity index (χ1v) is 8.45. The lowest BCUT2D eigenvalue weighted by Crippen LogP contribution is -2.27. The lowest BCUT2D eigenvalue weighted by Gasteiger charge is -2.12. The number of amides is 2. The largest absolute Gasteiger partial charge is 0.497 e. The highest BCUT2D eigenvalue weighted by Crippen LogP contribution is 2.35. The highest BCUT2D eigenvalue weighted by atomic mass is 32.2. The smallest absolute Gasteiger partial charge is 0.298 e. The molecule has 0 spiro atoms. The second-order valence-corrected chi connectivity index (χ2v) is 6.30. The van der Waals surface area contributed by atoms with Crippen molar-refractivity contribution in [2.75, 3.05) is 12.0 Å². The van der Waals surface area contributed by atoms with Gasteiger partial charge in [0.2, 0.25) is 0 Å². The van der Waals surface area contributed by atoms with Crippen molar-refractivity contribution >= 4 is 34.7 Å². The van der Waals surface area contributed by atoms with E-state index in [4.69, 9.17) is 4.74 Å². The molecule has 4 nitrogen and oxygen atoms in total. The molecule has 2 amide bonds. The van der Waals surface area contributed by atoms with Gasteiger partial charge in [-0.1, -0.05) is 31.2 Å². The number of thioether (sulfide) groups is 1. The van der Waals surface area contributed by atoms with Crippen LogP contribution in [0.2, 0.25) is 0 Å². The number of rotatable bonds is 4. The van der Waals surface area contributed by atoms with Gasteiger partial charge in [0.25, 0.3) is 11.1 Å². The maximum absolute atomic E-state index is 12.6. The van der Waals surface area contributed by atoms with Gasteiger partial charge in [-0.2, -0.15) is 0 Å². The number of carbonyl (C=O) groups is 2. The van der Waals surface area contributed by atoms with Gasteiger partial charge in [-0.25, -0.2) is 4.90 Å². The number of anilines is 1. The van der Waals surface area contributed by atoms with Crippen LogP contribution in [-0.2, 0) is 11.2 Å². The third-order valence-corrected chi connectivity index (χ3v) is 4.68. The lowest BCUT2D eigenvalue weighted by atomic mass is 10.1. The fourth-order valence-electron chi connectivity index (χ4n) is 2.42. The van der Waals surface area contributed by atoms with Gasteiger partial charge in [-0.05, 0) is 59.7 Å². The summed E-state index contributed by atoms with van der Waals surface area (Å²) in [5.41, 5.74) is 2.62.